The molecule has 1 unspecified atom stereocenters. The molecule has 2 nitrogen and oxygen atoms in total. The number of ether oxygens (including phenoxy) is 1. The Morgan fingerprint density at radius 1 is 1.20 bits per heavy atom. The smallest absolute Gasteiger partial charge is 0.0587 e. The molecule has 0 spiro atoms. The molecule has 1 rings (SSSR count). The Hall–Kier alpha value is -0.860. The van der Waals surface area contributed by atoms with E-state index < -0.39 is 0 Å². The fourth-order valence-electron chi connectivity index (χ4n) is 2.47. The number of hydrogen-bond donors (Lipinski definition) is 1. The molecule has 0 saturated carbocycles. The minimum Gasteiger partial charge on any atom is -0.383 e. The first-order chi connectivity index (χ1) is 9.58. The van der Waals surface area contributed by atoms with Gasteiger partial charge in [0.1, 0.15) is 0 Å². The van der Waals surface area contributed by atoms with Gasteiger partial charge in [0, 0.05) is 20.2 Å². The maximum Gasteiger partial charge on any atom is 0.0587 e. The van der Waals surface area contributed by atoms with E-state index in [0.29, 0.717) is 11.3 Å². The lowest BCUT2D eigenvalue weighted by Crippen LogP contribution is -2.37. The van der Waals surface area contributed by atoms with Crippen molar-refractivity contribution in [1.82, 2.24) is 5.32 Å². The molecule has 0 aliphatic rings. The molecule has 0 saturated heterocycles. The average molecular weight is 277 g/mol. The summed E-state index contributed by atoms with van der Waals surface area (Å²) in [6.45, 7) is 9.88. The second-order valence-corrected chi connectivity index (χ2v) is 6.32. The molecule has 0 aliphatic carbocycles. The van der Waals surface area contributed by atoms with Gasteiger partial charge in [-0.15, -0.1) is 0 Å². The summed E-state index contributed by atoms with van der Waals surface area (Å²) in [6, 6.07) is 10.8. The summed E-state index contributed by atoms with van der Waals surface area (Å²) in [5.41, 5.74) is 1.81. The molecule has 1 aromatic rings. The Kier molecular flexibility index (Phi) is 7.86. The fourth-order valence-corrected chi connectivity index (χ4v) is 2.47. The zero-order valence-corrected chi connectivity index (χ0v) is 13.6. The third-order valence-electron chi connectivity index (χ3n) is 4.46. The van der Waals surface area contributed by atoms with Crippen LogP contribution < -0.4 is 5.32 Å². The minimum atomic E-state index is 0.364. The van der Waals surface area contributed by atoms with Crippen LogP contribution in [0.3, 0.4) is 0 Å². The molecule has 1 aromatic carbocycles. The number of nitrogens with one attached hydrogen (secondary N) is 1. The molecular weight excluding hydrogens is 246 g/mol. The maximum atomic E-state index is 5.09. The van der Waals surface area contributed by atoms with E-state index >= 15 is 0 Å². The van der Waals surface area contributed by atoms with Crippen molar-refractivity contribution >= 4 is 0 Å². The molecule has 0 radical (unpaired) electrons. The summed E-state index contributed by atoms with van der Waals surface area (Å²) in [6.07, 6.45) is 3.70. The van der Waals surface area contributed by atoms with E-state index in [4.69, 9.17) is 4.74 Å². The van der Waals surface area contributed by atoms with Crippen molar-refractivity contribution in [2.75, 3.05) is 26.8 Å². The highest BCUT2D eigenvalue weighted by atomic mass is 16.5. The highest BCUT2D eigenvalue weighted by Gasteiger charge is 2.27. The van der Waals surface area contributed by atoms with Crippen LogP contribution in [0.15, 0.2) is 30.3 Å². The van der Waals surface area contributed by atoms with Crippen LogP contribution in [0.4, 0.5) is 0 Å². The van der Waals surface area contributed by atoms with Gasteiger partial charge in [0.2, 0.25) is 0 Å². The van der Waals surface area contributed by atoms with E-state index in [2.05, 4.69) is 56.4 Å². The summed E-state index contributed by atoms with van der Waals surface area (Å²) in [5.74, 6) is 0.688. The standard InChI is InChI=1S/C18H31NO/c1-16(2)18(3,15-19-13-14-20-4)12-8-11-17-9-6-5-7-10-17/h5-7,9-10,16,19H,8,11-15H2,1-4H3. The lowest BCUT2D eigenvalue weighted by molar-refractivity contribution is 0.165. The van der Waals surface area contributed by atoms with Gasteiger partial charge >= 0.3 is 0 Å². The molecule has 0 bridgehead atoms. The second-order valence-electron chi connectivity index (χ2n) is 6.32. The molecule has 0 fully saturated rings. The first-order valence-corrected chi connectivity index (χ1v) is 7.82. The summed E-state index contributed by atoms with van der Waals surface area (Å²) in [5, 5.41) is 3.53. The van der Waals surface area contributed by atoms with Gasteiger partial charge in [0.25, 0.3) is 0 Å². The van der Waals surface area contributed by atoms with Crippen LogP contribution in [0.5, 0.6) is 0 Å². The Morgan fingerprint density at radius 2 is 1.90 bits per heavy atom. The number of methoxy groups -OCH3 is 1. The molecule has 0 aromatic heterocycles. The molecule has 0 amide bonds. The van der Waals surface area contributed by atoms with Gasteiger partial charge in [-0.2, -0.15) is 0 Å². The van der Waals surface area contributed by atoms with Crippen molar-refractivity contribution in [3.05, 3.63) is 35.9 Å². The number of rotatable bonds is 10. The minimum absolute atomic E-state index is 0.364. The van der Waals surface area contributed by atoms with Crippen molar-refractivity contribution in [2.45, 2.75) is 40.0 Å². The van der Waals surface area contributed by atoms with Crippen molar-refractivity contribution in [3.8, 4) is 0 Å². The van der Waals surface area contributed by atoms with Crippen LogP contribution >= 0.6 is 0 Å². The predicted molar refractivity (Wildman–Crippen MR) is 87.1 cm³/mol. The highest BCUT2D eigenvalue weighted by Crippen LogP contribution is 2.32. The molecule has 2 heteroatoms. The molecule has 0 aliphatic heterocycles. The monoisotopic (exact) mass is 277 g/mol. The van der Waals surface area contributed by atoms with Crippen molar-refractivity contribution in [3.63, 3.8) is 0 Å². The quantitative estimate of drug-likeness (QED) is 0.655. The van der Waals surface area contributed by atoms with Crippen molar-refractivity contribution in [1.29, 1.82) is 0 Å². The molecule has 20 heavy (non-hydrogen) atoms. The molecular formula is C18H31NO. The fraction of sp³-hybridized carbons (Fsp3) is 0.667. The topological polar surface area (TPSA) is 21.3 Å². The zero-order chi connectivity index (χ0) is 14.8. The summed E-state index contributed by atoms with van der Waals surface area (Å²) in [4.78, 5) is 0. The lowest BCUT2D eigenvalue weighted by atomic mass is 9.75. The summed E-state index contributed by atoms with van der Waals surface area (Å²) >= 11 is 0. The van der Waals surface area contributed by atoms with Crippen LogP contribution in [0.2, 0.25) is 0 Å². The van der Waals surface area contributed by atoms with Crippen LogP contribution in [-0.4, -0.2) is 26.8 Å². The largest absolute Gasteiger partial charge is 0.383 e. The molecule has 1 N–H and O–H groups in total. The SMILES string of the molecule is COCCNCC(C)(CCCc1ccccc1)C(C)C. The Balaban J connectivity index is 2.37. The Bertz CT molecular complexity index is 350. The van der Waals surface area contributed by atoms with Crippen LogP contribution in [-0.2, 0) is 11.2 Å². The van der Waals surface area contributed by atoms with Gasteiger partial charge in [0.05, 0.1) is 6.61 Å². The summed E-state index contributed by atoms with van der Waals surface area (Å²) < 4.78 is 5.09. The van der Waals surface area contributed by atoms with Gasteiger partial charge in [-0.3, -0.25) is 0 Å². The average Bonchev–Trinajstić information content (AvgIpc) is 2.45. The first-order valence-electron chi connectivity index (χ1n) is 7.82. The number of aryl methyl sites for hydroxylation is 1. The van der Waals surface area contributed by atoms with Gasteiger partial charge in [-0.25, -0.2) is 0 Å². The third-order valence-corrected chi connectivity index (χ3v) is 4.46. The van der Waals surface area contributed by atoms with E-state index in [-0.39, 0.29) is 0 Å². The maximum absolute atomic E-state index is 5.09. The Labute approximate surface area is 124 Å². The zero-order valence-electron chi connectivity index (χ0n) is 13.6. The van der Waals surface area contributed by atoms with E-state index in [1.54, 1.807) is 7.11 Å². The third kappa shape index (κ3) is 6.06. The van der Waals surface area contributed by atoms with Crippen molar-refractivity contribution < 1.29 is 4.74 Å². The normalized spacial score (nSPS) is 14.4. The van der Waals surface area contributed by atoms with Gasteiger partial charge in [0.15, 0.2) is 0 Å². The van der Waals surface area contributed by atoms with E-state index in [0.717, 1.165) is 19.7 Å². The number of benzene rings is 1. The first kappa shape index (κ1) is 17.2. The van der Waals surface area contributed by atoms with Gasteiger partial charge in [-0.1, -0.05) is 51.1 Å². The Morgan fingerprint density at radius 3 is 2.50 bits per heavy atom. The highest BCUT2D eigenvalue weighted by molar-refractivity contribution is 5.14. The van der Waals surface area contributed by atoms with E-state index in [9.17, 15) is 0 Å². The number of hydrogen-bond acceptors (Lipinski definition) is 2. The van der Waals surface area contributed by atoms with Gasteiger partial charge < -0.3 is 10.1 Å². The predicted octanol–water partition coefficient (Wildman–Crippen LogP) is 3.91. The van der Waals surface area contributed by atoms with Crippen molar-refractivity contribution in [2.24, 2.45) is 11.3 Å². The molecule has 0 heterocycles. The second kappa shape index (κ2) is 9.15. The van der Waals surface area contributed by atoms with Crippen LogP contribution in [0.1, 0.15) is 39.2 Å². The van der Waals surface area contributed by atoms with E-state index in [1.165, 1.54) is 24.8 Å². The molecule has 114 valence electrons. The summed E-state index contributed by atoms with van der Waals surface area (Å²) in [7, 11) is 1.75. The lowest BCUT2D eigenvalue weighted by Gasteiger charge is -2.34. The van der Waals surface area contributed by atoms with E-state index in [1.807, 2.05) is 0 Å². The molecule has 1 atom stereocenters. The van der Waals surface area contributed by atoms with Crippen LogP contribution in [0.25, 0.3) is 0 Å². The van der Waals surface area contributed by atoms with Gasteiger partial charge in [-0.05, 0) is 36.2 Å². The van der Waals surface area contributed by atoms with Crippen LogP contribution in [0, 0.1) is 11.3 Å².